The number of aliphatic hydroxyl groups excluding tert-OH is 1. The van der Waals surface area contributed by atoms with E-state index in [4.69, 9.17) is 40.0 Å². The third-order valence-electron chi connectivity index (χ3n) is 15.4. The van der Waals surface area contributed by atoms with Gasteiger partial charge in [-0.3, -0.25) is 24.5 Å². The normalized spacial score (nSPS) is 25.3. The topological polar surface area (TPSA) is 240 Å². The van der Waals surface area contributed by atoms with Crippen LogP contribution in [0.2, 0.25) is 5.02 Å². The minimum absolute atomic E-state index is 0.0146. The van der Waals surface area contributed by atoms with Crippen molar-refractivity contribution < 1.29 is 67.4 Å². The number of benzene rings is 2. The van der Waals surface area contributed by atoms with Crippen LogP contribution in [0.5, 0.6) is 0 Å². The van der Waals surface area contributed by atoms with Gasteiger partial charge in [0.2, 0.25) is 17.7 Å². The van der Waals surface area contributed by atoms with Crippen molar-refractivity contribution in [3.63, 3.8) is 0 Å². The molecule has 0 saturated carbocycles. The van der Waals surface area contributed by atoms with Crippen molar-refractivity contribution in [2.24, 2.45) is 11.8 Å². The van der Waals surface area contributed by atoms with Gasteiger partial charge in [-0.05, 0) is 82.4 Å². The van der Waals surface area contributed by atoms with Crippen LogP contribution in [0.1, 0.15) is 83.5 Å². The number of aromatic nitrogens is 1. The smallest absolute Gasteiger partial charge is 0.409 e. The molecule has 4 amide bonds. The van der Waals surface area contributed by atoms with Crippen LogP contribution in [-0.2, 0) is 71.9 Å². The molecule has 1 aromatic heterocycles. The number of para-hydroxylation sites is 1. The van der Waals surface area contributed by atoms with E-state index in [9.17, 15) is 39.0 Å². The Hall–Kier alpha value is -5.71. The molecule has 434 valence electrons. The van der Waals surface area contributed by atoms with Crippen molar-refractivity contribution in [3.05, 3.63) is 88.1 Å². The number of ether oxygens (including phenoxy) is 6. The first-order chi connectivity index (χ1) is 37.5. The molecule has 4 N–H and O–H groups in total. The number of hydrogen-bond donors (Lipinski definition) is 4. The summed E-state index contributed by atoms with van der Waals surface area (Å²) in [6, 6.07) is 12.8. The van der Waals surface area contributed by atoms with Gasteiger partial charge in [-0.2, -0.15) is 0 Å². The maximum atomic E-state index is 14.3. The number of fused-ring (bicyclic) bond motifs is 6. The zero-order chi connectivity index (χ0) is 57.8. The molecule has 2 aromatic carbocycles. The highest BCUT2D eigenvalue weighted by atomic mass is 35.5. The van der Waals surface area contributed by atoms with Crippen LogP contribution in [0, 0.1) is 18.8 Å². The Balaban J connectivity index is 0.979. The van der Waals surface area contributed by atoms with Gasteiger partial charge in [0.05, 0.1) is 68.6 Å². The summed E-state index contributed by atoms with van der Waals surface area (Å²) in [4.78, 5) is 85.5. The highest BCUT2D eigenvalue weighted by molar-refractivity contribution is 6.34. The van der Waals surface area contributed by atoms with Crippen LogP contribution in [0.3, 0.4) is 0 Å². The third kappa shape index (κ3) is 16.0. The van der Waals surface area contributed by atoms with Crippen LogP contribution < -0.4 is 15.5 Å². The number of Topliss-reactive ketones (excluding diaryl/α,β-unsaturated/α-hetero) is 1. The number of carbonyl (C=O) groups excluding carboxylic acids is 6. The van der Waals surface area contributed by atoms with Crippen molar-refractivity contribution in [2.75, 3.05) is 79.3 Å². The summed E-state index contributed by atoms with van der Waals surface area (Å²) in [5, 5.41) is 28.5. The molecule has 3 aliphatic rings. The Morgan fingerprint density at radius 2 is 1.76 bits per heavy atom. The molecule has 9 atom stereocenters. The van der Waals surface area contributed by atoms with E-state index in [-0.39, 0.29) is 70.9 Å². The number of hydrogen-bond acceptors (Lipinski definition) is 15. The Morgan fingerprint density at radius 1 is 1.04 bits per heavy atom. The number of alkyl carbamates (subject to hydrolysis) is 1. The number of likely N-dealkylation sites (N-methyl/N-ethyl adjacent to an activating group) is 1. The van der Waals surface area contributed by atoms with E-state index < -0.39 is 90.0 Å². The lowest BCUT2D eigenvalue weighted by atomic mass is 9.83. The summed E-state index contributed by atoms with van der Waals surface area (Å²) < 4.78 is 37.2. The van der Waals surface area contributed by atoms with E-state index in [0.29, 0.717) is 23.7 Å². The molecule has 4 heterocycles. The number of rotatable bonds is 23. The van der Waals surface area contributed by atoms with Gasteiger partial charge < -0.3 is 63.2 Å². The average molecular weight is 1120 g/mol. The second-order valence-electron chi connectivity index (χ2n) is 21.3. The van der Waals surface area contributed by atoms with Gasteiger partial charge in [0, 0.05) is 77.2 Å². The molecule has 3 aromatic rings. The Kier molecular flexibility index (Phi) is 22.2. The summed E-state index contributed by atoms with van der Waals surface area (Å²) >= 11 is 6.83. The van der Waals surface area contributed by atoms with Gasteiger partial charge in [-0.25, -0.2) is 9.59 Å². The number of carbonyl (C=O) groups is 6. The van der Waals surface area contributed by atoms with Crippen LogP contribution in [0.4, 0.5) is 10.5 Å². The first-order valence-electron chi connectivity index (χ1n) is 27.1. The lowest BCUT2D eigenvalue weighted by molar-refractivity contribution is -0.162. The SMILES string of the molecule is CCN(C)Cc1cc2ccccc2n1CCC(=O)C[C@@H](CO)C(=O)NCCOCCOCCC(=O)N(C)[C@@H](C)C(=O)O[C@H]1CC(=O)N(C)c2cc(cc(C)c2Cl)C/C(C)=C/C=C/[C@@H](OC)[C@]2(O)C[C@H](OC(=O)N2)[C@@H](C)C2O[C@]21C. The van der Waals surface area contributed by atoms with Gasteiger partial charge in [0.1, 0.15) is 35.7 Å². The lowest BCUT2D eigenvalue weighted by Crippen LogP contribution is -2.63. The van der Waals surface area contributed by atoms with Crippen molar-refractivity contribution in [3.8, 4) is 0 Å². The number of anilines is 1. The van der Waals surface area contributed by atoms with Crippen molar-refractivity contribution in [2.45, 2.75) is 135 Å². The highest BCUT2D eigenvalue weighted by Gasteiger charge is 2.64. The van der Waals surface area contributed by atoms with Crippen molar-refractivity contribution in [1.82, 2.24) is 25.0 Å². The molecule has 2 fully saturated rings. The molecule has 4 bridgehead atoms. The minimum atomic E-state index is -1.86. The quantitative estimate of drug-likeness (QED) is 0.0527. The highest BCUT2D eigenvalue weighted by Crippen LogP contribution is 2.49. The molecule has 0 spiro atoms. The van der Waals surface area contributed by atoms with Gasteiger partial charge in [0.15, 0.2) is 5.72 Å². The summed E-state index contributed by atoms with van der Waals surface area (Å²) in [7, 11) is 6.53. The van der Waals surface area contributed by atoms with Crippen molar-refractivity contribution >= 4 is 63.8 Å². The number of nitrogens with one attached hydrogen (secondary N) is 2. The lowest BCUT2D eigenvalue weighted by Gasteiger charge is -2.42. The van der Waals surface area contributed by atoms with E-state index in [1.807, 2.05) is 63.4 Å². The van der Waals surface area contributed by atoms with Gasteiger partial charge in [-0.15, -0.1) is 0 Å². The number of halogens is 1. The molecule has 3 aliphatic heterocycles. The maximum Gasteiger partial charge on any atom is 0.409 e. The molecule has 1 unspecified atom stereocenters. The zero-order valence-electron chi connectivity index (χ0n) is 47.4. The maximum absolute atomic E-state index is 14.3. The van der Waals surface area contributed by atoms with Crippen LogP contribution in [-0.4, -0.2) is 176 Å². The second kappa shape index (κ2) is 28.1. The number of aliphatic hydroxyl groups is 2. The molecule has 2 saturated heterocycles. The first-order valence-corrected chi connectivity index (χ1v) is 27.5. The van der Waals surface area contributed by atoms with Crippen LogP contribution >= 0.6 is 11.6 Å². The fourth-order valence-electron chi connectivity index (χ4n) is 10.2. The van der Waals surface area contributed by atoms with E-state index in [0.717, 1.165) is 46.4 Å². The zero-order valence-corrected chi connectivity index (χ0v) is 48.1. The molecule has 21 heteroatoms. The number of aryl methyl sites for hydroxylation is 2. The monoisotopic (exact) mass is 1120 g/mol. The summed E-state index contributed by atoms with van der Waals surface area (Å²) in [6.45, 7) is 13.1. The van der Waals surface area contributed by atoms with E-state index in [1.54, 1.807) is 33.0 Å². The molecule has 79 heavy (non-hydrogen) atoms. The fourth-order valence-corrected chi connectivity index (χ4v) is 10.4. The van der Waals surface area contributed by atoms with E-state index in [1.165, 1.54) is 30.9 Å². The largest absolute Gasteiger partial charge is 0.457 e. The Bertz CT molecular complexity index is 2710. The number of allylic oxidation sites excluding steroid dienone is 3. The molecular formula is C58H81ClN6O14. The van der Waals surface area contributed by atoms with Gasteiger partial charge >= 0.3 is 12.1 Å². The van der Waals surface area contributed by atoms with Crippen LogP contribution in [0.15, 0.2) is 66.3 Å². The fraction of sp³-hybridized carbons (Fsp3) is 0.586. The molecule has 0 aliphatic carbocycles. The van der Waals surface area contributed by atoms with Crippen molar-refractivity contribution in [1.29, 1.82) is 0 Å². The third-order valence-corrected chi connectivity index (χ3v) is 15.9. The number of methoxy groups -OCH3 is 1. The van der Waals surface area contributed by atoms with Crippen LogP contribution in [0.25, 0.3) is 10.9 Å². The number of nitrogens with zero attached hydrogens (tertiary/aromatic N) is 4. The van der Waals surface area contributed by atoms with Gasteiger partial charge in [0.25, 0.3) is 0 Å². The van der Waals surface area contributed by atoms with Gasteiger partial charge in [-0.1, -0.05) is 73.5 Å². The number of amides is 4. The summed E-state index contributed by atoms with van der Waals surface area (Å²) in [5.41, 5.74) is 2.06. The Labute approximate surface area is 468 Å². The number of ketones is 1. The minimum Gasteiger partial charge on any atom is -0.457 e. The second-order valence-corrected chi connectivity index (χ2v) is 21.7. The van der Waals surface area contributed by atoms with E-state index >= 15 is 0 Å². The average Bonchev–Trinajstić information content (AvgIpc) is 4.23. The predicted molar refractivity (Wildman–Crippen MR) is 297 cm³/mol. The molecule has 20 nitrogen and oxygen atoms in total. The summed E-state index contributed by atoms with van der Waals surface area (Å²) in [6.07, 6.45) is 0.813. The molecule has 0 radical (unpaired) electrons. The first kappa shape index (κ1) is 62.5. The Morgan fingerprint density at radius 3 is 2.47 bits per heavy atom. The molecule has 6 rings (SSSR count). The van der Waals surface area contributed by atoms with E-state index in [2.05, 4.69) is 33.1 Å². The summed E-state index contributed by atoms with van der Waals surface area (Å²) in [5.74, 6) is -3.67. The molecular weight excluding hydrogens is 1040 g/mol. The number of esters is 1. The number of epoxide rings is 1. The predicted octanol–water partition coefficient (Wildman–Crippen LogP) is 5.42. The standard InChI is InChI=1S/C58H81ClN6O14/c1-11-62(7)34-43-30-41-16-12-13-17-45(41)65(43)22-19-44(67)31-42(35-66)54(70)60-21-24-76-26-25-75-23-20-50(68)63(8)39(5)55(71)78-49-32-51(69)64(9)46-29-40(28-37(3)52(46)59)27-36(2)15-14-18-48(74-10)58(73)33-47(77-56(72)61-58)38(4)53-57(49,6)79-53/h12-18,28-30,38-39,42,47-49,53,66,73H,11,19-27,31-35H2,1-10H3,(H,60,70)(H,61,72)/b18-14+,36-15+/t38-,39+,42+,47+,48-,49+,53?,57+,58-/m1/s1.